The summed E-state index contributed by atoms with van der Waals surface area (Å²) in [7, 11) is 0. The van der Waals surface area contributed by atoms with Crippen molar-refractivity contribution in [3.8, 4) is 11.3 Å². The zero-order chi connectivity index (χ0) is 21.8. The van der Waals surface area contributed by atoms with E-state index in [1.54, 1.807) is 25.1 Å². The molecule has 0 atom stereocenters. The lowest BCUT2D eigenvalue weighted by Gasteiger charge is -2.09. The fourth-order valence-electron chi connectivity index (χ4n) is 3.22. The summed E-state index contributed by atoms with van der Waals surface area (Å²) >= 11 is 0. The molecule has 0 bridgehead atoms. The molecular weight excluding hydrogens is 392 g/mol. The molecule has 0 saturated heterocycles. The number of nitro benzene ring substituents is 1. The predicted molar refractivity (Wildman–Crippen MR) is 120 cm³/mol. The number of nitrogens with zero attached hydrogens (tertiary/aromatic N) is 3. The van der Waals surface area contributed by atoms with Gasteiger partial charge in [-0.2, -0.15) is 5.10 Å². The molecule has 0 radical (unpaired) electrons. The summed E-state index contributed by atoms with van der Waals surface area (Å²) in [5.74, 6) is -0.388. The van der Waals surface area contributed by atoms with Gasteiger partial charge in [0.1, 0.15) is 0 Å². The number of hydrogen-bond acceptors (Lipinski definition) is 5. The van der Waals surface area contributed by atoms with E-state index >= 15 is 0 Å². The van der Waals surface area contributed by atoms with Gasteiger partial charge >= 0.3 is 0 Å². The minimum Gasteiger partial charge on any atom is -0.267 e. The highest BCUT2D eigenvalue weighted by Crippen LogP contribution is 2.24. The Morgan fingerprint density at radius 3 is 2.48 bits per heavy atom. The molecule has 4 aromatic rings. The van der Waals surface area contributed by atoms with Gasteiger partial charge < -0.3 is 0 Å². The number of para-hydroxylation sites is 1. The molecule has 31 heavy (non-hydrogen) atoms. The second-order valence-corrected chi connectivity index (χ2v) is 6.88. The third kappa shape index (κ3) is 4.30. The molecule has 0 saturated carbocycles. The SMILES string of the molecule is CC(=NNC(=O)c1cc(-c2ccccc2)nc2ccccc12)c1cccc([N+](=O)[O-])c1. The maximum atomic E-state index is 13.0. The minimum atomic E-state index is -0.469. The van der Waals surface area contributed by atoms with Gasteiger partial charge in [0.25, 0.3) is 11.6 Å². The highest BCUT2D eigenvalue weighted by Gasteiger charge is 2.14. The number of rotatable bonds is 5. The highest BCUT2D eigenvalue weighted by molar-refractivity contribution is 6.08. The Morgan fingerprint density at radius 2 is 1.71 bits per heavy atom. The molecule has 1 aromatic heterocycles. The number of hydrazone groups is 1. The quantitative estimate of drug-likeness (QED) is 0.285. The van der Waals surface area contributed by atoms with Gasteiger partial charge in [0.05, 0.1) is 27.4 Å². The number of carbonyl (C=O) groups excluding carboxylic acids is 1. The van der Waals surface area contributed by atoms with E-state index in [4.69, 9.17) is 0 Å². The lowest BCUT2D eigenvalue weighted by Crippen LogP contribution is -2.20. The number of carbonyl (C=O) groups is 1. The standard InChI is InChI=1S/C24H18N4O3/c1-16(18-10-7-11-19(14-18)28(30)31)26-27-24(29)21-15-23(17-8-3-2-4-9-17)25-22-13-6-5-12-20(21)22/h2-15H,1H3,(H,27,29). The number of nitro groups is 1. The van der Waals surface area contributed by atoms with E-state index in [9.17, 15) is 14.9 Å². The molecule has 4 rings (SSSR count). The molecule has 0 aliphatic carbocycles. The zero-order valence-electron chi connectivity index (χ0n) is 16.6. The van der Waals surface area contributed by atoms with Crippen molar-refractivity contribution in [2.45, 2.75) is 6.92 Å². The number of fused-ring (bicyclic) bond motifs is 1. The lowest BCUT2D eigenvalue weighted by atomic mass is 10.0. The van der Waals surface area contributed by atoms with E-state index in [2.05, 4.69) is 15.5 Å². The maximum Gasteiger partial charge on any atom is 0.272 e. The van der Waals surface area contributed by atoms with Crippen LogP contribution in [0.1, 0.15) is 22.8 Å². The fraction of sp³-hybridized carbons (Fsp3) is 0.0417. The molecule has 1 N–H and O–H groups in total. The number of nitrogens with one attached hydrogen (secondary N) is 1. The monoisotopic (exact) mass is 410 g/mol. The van der Waals surface area contributed by atoms with Crippen LogP contribution in [0.3, 0.4) is 0 Å². The zero-order valence-corrected chi connectivity index (χ0v) is 16.6. The lowest BCUT2D eigenvalue weighted by molar-refractivity contribution is -0.384. The van der Waals surface area contributed by atoms with E-state index in [0.717, 1.165) is 5.56 Å². The molecule has 0 unspecified atom stereocenters. The second-order valence-electron chi connectivity index (χ2n) is 6.88. The number of hydrogen-bond donors (Lipinski definition) is 1. The van der Waals surface area contributed by atoms with Crippen molar-refractivity contribution in [3.05, 3.63) is 106 Å². The Morgan fingerprint density at radius 1 is 0.968 bits per heavy atom. The average Bonchev–Trinajstić information content (AvgIpc) is 2.82. The number of non-ortho nitro benzene ring substituents is 1. The molecule has 152 valence electrons. The van der Waals surface area contributed by atoms with Crippen molar-refractivity contribution in [2.75, 3.05) is 0 Å². The van der Waals surface area contributed by atoms with Crippen LogP contribution in [0.4, 0.5) is 5.69 Å². The summed E-state index contributed by atoms with van der Waals surface area (Å²) < 4.78 is 0. The molecule has 0 fully saturated rings. The molecule has 0 aliphatic heterocycles. The summed E-state index contributed by atoms with van der Waals surface area (Å²) in [6, 6.07) is 24.9. The van der Waals surface area contributed by atoms with Gasteiger partial charge in [0.2, 0.25) is 0 Å². The second kappa shape index (κ2) is 8.54. The summed E-state index contributed by atoms with van der Waals surface area (Å²) in [6.07, 6.45) is 0. The Balaban J connectivity index is 1.68. The van der Waals surface area contributed by atoms with Gasteiger partial charge in [-0.05, 0) is 19.1 Å². The fourth-order valence-corrected chi connectivity index (χ4v) is 3.22. The van der Waals surface area contributed by atoms with Gasteiger partial charge in [0.15, 0.2) is 0 Å². The minimum absolute atomic E-state index is 0.0361. The van der Waals surface area contributed by atoms with Gasteiger partial charge in [-0.25, -0.2) is 10.4 Å². The Hall–Kier alpha value is -4.39. The maximum absolute atomic E-state index is 13.0. The van der Waals surface area contributed by atoms with Crippen molar-refractivity contribution in [2.24, 2.45) is 5.10 Å². The third-order valence-electron chi connectivity index (χ3n) is 4.83. The van der Waals surface area contributed by atoms with Crippen LogP contribution in [-0.2, 0) is 0 Å². The Kier molecular flexibility index (Phi) is 5.49. The molecule has 1 heterocycles. The smallest absolute Gasteiger partial charge is 0.267 e. The predicted octanol–water partition coefficient (Wildman–Crippen LogP) is 4.96. The molecule has 7 heteroatoms. The topological polar surface area (TPSA) is 97.5 Å². The van der Waals surface area contributed by atoms with Crippen LogP contribution in [0, 0.1) is 10.1 Å². The highest BCUT2D eigenvalue weighted by atomic mass is 16.6. The van der Waals surface area contributed by atoms with Crippen molar-refractivity contribution in [1.29, 1.82) is 0 Å². The van der Waals surface area contributed by atoms with Gasteiger partial charge in [-0.1, -0.05) is 60.7 Å². The average molecular weight is 410 g/mol. The van der Waals surface area contributed by atoms with Gasteiger partial charge in [-0.3, -0.25) is 14.9 Å². The van der Waals surface area contributed by atoms with Crippen molar-refractivity contribution >= 4 is 28.2 Å². The number of benzene rings is 3. The van der Waals surface area contributed by atoms with Crippen LogP contribution >= 0.6 is 0 Å². The first-order chi connectivity index (χ1) is 15.0. The number of pyridine rings is 1. The first kappa shape index (κ1) is 19.9. The van der Waals surface area contributed by atoms with Gasteiger partial charge in [-0.15, -0.1) is 0 Å². The molecule has 3 aromatic carbocycles. The van der Waals surface area contributed by atoms with Crippen molar-refractivity contribution < 1.29 is 9.72 Å². The molecular formula is C24H18N4O3. The van der Waals surface area contributed by atoms with E-state index in [0.29, 0.717) is 33.4 Å². The van der Waals surface area contributed by atoms with Crippen LogP contribution < -0.4 is 5.43 Å². The van der Waals surface area contributed by atoms with Crippen molar-refractivity contribution in [3.63, 3.8) is 0 Å². The number of amides is 1. The summed E-state index contributed by atoms with van der Waals surface area (Å²) in [6.45, 7) is 1.68. The van der Waals surface area contributed by atoms with E-state index < -0.39 is 4.92 Å². The molecule has 1 amide bonds. The first-order valence-electron chi connectivity index (χ1n) is 9.57. The van der Waals surface area contributed by atoms with Crippen LogP contribution in [0.2, 0.25) is 0 Å². The first-order valence-corrected chi connectivity index (χ1v) is 9.57. The Labute approximate surface area is 178 Å². The largest absolute Gasteiger partial charge is 0.272 e. The van der Waals surface area contributed by atoms with Gasteiger partial charge in [0, 0.05) is 28.6 Å². The van der Waals surface area contributed by atoms with E-state index in [1.165, 1.54) is 12.1 Å². The van der Waals surface area contributed by atoms with E-state index in [1.807, 2.05) is 54.6 Å². The van der Waals surface area contributed by atoms with Crippen LogP contribution in [0.5, 0.6) is 0 Å². The molecule has 0 aliphatic rings. The molecule has 7 nitrogen and oxygen atoms in total. The number of aromatic nitrogens is 1. The van der Waals surface area contributed by atoms with E-state index in [-0.39, 0.29) is 11.6 Å². The summed E-state index contributed by atoms with van der Waals surface area (Å²) in [5.41, 5.74) is 6.28. The summed E-state index contributed by atoms with van der Waals surface area (Å²) in [4.78, 5) is 28.2. The molecule has 0 spiro atoms. The third-order valence-corrected chi connectivity index (χ3v) is 4.83. The van der Waals surface area contributed by atoms with Crippen LogP contribution in [-0.4, -0.2) is 21.5 Å². The Bertz CT molecular complexity index is 1320. The van der Waals surface area contributed by atoms with Crippen LogP contribution in [0.15, 0.2) is 90.0 Å². The normalized spacial score (nSPS) is 11.3. The van der Waals surface area contributed by atoms with Crippen molar-refractivity contribution in [1.82, 2.24) is 10.4 Å². The van der Waals surface area contributed by atoms with Crippen LogP contribution in [0.25, 0.3) is 22.2 Å². The summed E-state index contributed by atoms with van der Waals surface area (Å²) in [5, 5.41) is 15.9.